The van der Waals surface area contributed by atoms with Crippen LogP contribution in [0.25, 0.3) is 0 Å². The predicted molar refractivity (Wildman–Crippen MR) is 70.5 cm³/mol. The van der Waals surface area contributed by atoms with Gasteiger partial charge in [0.15, 0.2) is 6.61 Å². The molecule has 1 N–H and O–H groups in total. The van der Waals surface area contributed by atoms with Gasteiger partial charge in [0.25, 0.3) is 0 Å². The second-order valence-corrected chi connectivity index (χ2v) is 3.66. The van der Waals surface area contributed by atoms with Gasteiger partial charge in [0, 0.05) is 18.2 Å². The third-order valence-electron chi connectivity index (χ3n) is 2.02. The molecule has 0 atom stereocenters. The Morgan fingerprint density at radius 2 is 1.81 bits per heavy atom. The first-order valence-electron chi connectivity index (χ1n) is 6.02. The molecule has 21 heavy (non-hydrogen) atoms. The molecule has 1 aromatic rings. The molecule has 7 heteroatoms. The Balaban J connectivity index is 2.36. The minimum atomic E-state index is -0.879. The van der Waals surface area contributed by atoms with Gasteiger partial charge in [-0.3, -0.25) is 0 Å². The van der Waals surface area contributed by atoms with E-state index in [1.54, 1.807) is 6.92 Å². The molecule has 1 aromatic carbocycles. The summed E-state index contributed by atoms with van der Waals surface area (Å²) in [6.07, 6.45) is 1.74. The van der Waals surface area contributed by atoms with E-state index in [9.17, 15) is 19.5 Å². The summed E-state index contributed by atoms with van der Waals surface area (Å²) in [5, 5.41) is 9.18. The molecule has 0 radical (unpaired) electrons. The van der Waals surface area contributed by atoms with Crippen LogP contribution in [0.2, 0.25) is 0 Å². The number of ether oxygens (including phenoxy) is 3. The molecule has 0 aromatic heterocycles. The third kappa shape index (κ3) is 6.76. The van der Waals surface area contributed by atoms with Gasteiger partial charge in [-0.25, -0.2) is 14.4 Å². The van der Waals surface area contributed by atoms with Crippen molar-refractivity contribution in [2.45, 2.75) is 6.92 Å². The summed E-state index contributed by atoms with van der Waals surface area (Å²) in [7, 11) is 0. The number of carbonyl (C=O) groups is 3. The molecule has 0 amide bonds. The summed E-state index contributed by atoms with van der Waals surface area (Å²) >= 11 is 0. The van der Waals surface area contributed by atoms with Crippen molar-refractivity contribution in [2.24, 2.45) is 0 Å². The van der Waals surface area contributed by atoms with Crippen LogP contribution in [0, 0.1) is 0 Å². The highest BCUT2D eigenvalue weighted by atomic mass is 16.6. The fraction of sp³-hybridized carbons (Fsp3) is 0.214. The van der Waals surface area contributed by atoms with Gasteiger partial charge in [-0.1, -0.05) is 6.07 Å². The Morgan fingerprint density at radius 1 is 1.14 bits per heavy atom. The lowest BCUT2D eigenvalue weighted by Gasteiger charge is -2.04. The van der Waals surface area contributed by atoms with E-state index in [0.29, 0.717) is 0 Å². The van der Waals surface area contributed by atoms with Crippen LogP contribution in [0.15, 0.2) is 36.4 Å². The molecule has 0 fully saturated rings. The first-order valence-corrected chi connectivity index (χ1v) is 6.02. The number of carbonyl (C=O) groups excluding carboxylic acids is 3. The fourth-order valence-electron chi connectivity index (χ4n) is 1.21. The van der Waals surface area contributed by atoms with Crippen molar-refractivity contribution < 1.29 is 33.7 Å². The van der Waals surface area contributed by atoms with Crippen LogP contribution in [-0.4, -0.2) is 36.2 Å². The van der Waals surface area contributed by atoms with Crippen molar-refractivity contribution in [3.05, 3.63) is 36.4 Å². The average molecular weight is 294 g/mol. The first-order chi connectivity index (χ1) is 10.0. The second-order valence-electron chi connectivity index (χ2n) is 3.66. The van der Waals surface area contributed by atoms with Gasteiger partial charge in [0.1, 0.15) is 11.5 Å². The minimum absolute atomic E-state index is 0.0605. The number of benzene rings is 1. The van der Waals surface area contributed by atoms with E-state index >= 15 is 0 Å². The van der Waals surface area contributed by atoms with E-state index in [1.807, 2.05) is 0 Å². The Labute approximate surface area is 120 Å². The zero-order chi connectivity index (χ0) is 15.7. The van der Waals surface area contributed by atoms with Crippen molar-refractivity contribution in [1.82, 2.24) is 0 Å². The number of phenols is 1. The van der Waals surface area contributed by atoms with Crippen molar-refractivity contribution in [3.8, 4) is 11.5 Å². The molecular formula is C14H14O7. The monoisotopic (exact) mass is 294 g/mol. The second kappa shape index (κ2) is 8.36. The van der Waals surface area contributed by atoms with Gasteiger partial charge in [-0.05, 0) is 19.1 Å². The zero-order valence-corrected chi connectivity index (χ0v) is 11.3. The van der Waals surface area contributed by atoms with Crippen LogP contribution >= 0.6 is 0 Å². The van der Waals surface area contributed by atoms with E-state index in [1.165, 1.54) is 24.3 Å². The topological polar surface area (TPSA) is 99.1 Å². The summed E-state index contributed by atoms with van der Waals surface area (Å²) < 4.78 is 13.9. The van der Waals surface area contributed by atoms with Gasteiger partial charge >= 0.3 is 17.9 Å². The molecule has 0 heterocycles. The standard InChI is InChI=1S/C14H14O7/c1-2-19-12(16)6-7-13(17)20-9-14(18)21-11-5-3-4-10(15)8-11/h3-8,15H,2,9H2,1H3. The fourth-order valence-corrected chi connectivity index (χ4v) is 1.21. The molecule has 7 nitrogen and oxygen atoms in total. The SMILES string of the molecule is CCOC(=O)C=CC(=O)OCC(=O)Oc1cccc(O)c1. The van der Waals surface area contributed by atoms with E-state index in [-0.39, 0.29) is 18.1 Å². The molecule has 0 aliphatic rings. The van der Waals surface area contributed by atoms with Gasteiger partial charge in [0.2, 0.25) is 0 Å². The highest BCUT2D eigenvalue weighted by Crippen LogP contribution is 2.17. The molecule has 112 valence electrons. The van der Waals surface area contributed by atoms with Crippen LogP contribution in [0.5, 0.6) is 11.5 Å². The molecular weight excluding hydrogens is 280 g/mol. The quantitative estimate of drug-likeness (QED) is 0.474. The summed E-state index contributed by atoms with van der Waals surface area (Å²) in [5.41, 5.74) is 0. The third-order valence-corrected chi connectivity index (χ3v) is 2.02. The Bertz CT molecular complexity index is 548. The molecule has 0 unspecified atom stereocenters. The smallest absolute Gasteiger partial charge is 0.349 e. The van der Waals surface area contributed by atoms with E-state index in [0.717, 1.165) is 12.2 Å². The lowest BCUT2D eigenvalue weighted by atomic mass is 10.3. The Morgan fingerprint density at radius 3 is 2.43 bits per heavy atom. The maximum Gasteiger partial charge on any atom is 0.349 e. The van der Waals surface area contributed by atoms with Crippen LogP contribution in [0.4, 0.5) is 0 Å². The normalized spacial score (nSPS) is 10.1. The molecule has 1 rings (SSSR count). The number of hydrogen-bond donors (Lipinski definition) is 1. The lowest BCUT2D eigenvalue weighted by molar-refractivity contribution is -0.150. The molecule has 0 bridgehead atoms. The van der Waals surface area contributed by atoms with Gasteiger partial charge in [0.05, 0.1) is 6.61 Å². The van der Waals surface area contributed by atoms with E-state index < -0.39 is 24.5 Å². The van der Waals surface area contributed by atoms with Crippen molar-refractivity contribution in [3.63, 3.8) is 0 Å². The first kappa shape index (κ1) is 16.2. The zero-order valence-electron chi connectivity index (χ0n) is 11.3. The van der Waals surface area contributed by atoms with Gasteiger partial charge < -0.3 is 19.3 Å². The lowest BCUT2D eigenvalue weighted by Crippen LogP contribution is -2.18. The number of esters is 3. The molecule has 0 aliphatic carbocycles. The van der Waals surface area contributed by atoms with Gasteiger partial charge in [-0.2, -0.15) is 0 Å². The van der Waals surface area contributed by atoms with Crippen molar-refractivity contribution in [1.29, 1.82) is 0 Å². The highest BCUT2D eigenvalue weighted by molar-refractivity contribution is 5.92. The predicted octanol–water partition coefficient (Wildman–Crippen LogP) is 0.960. The van der Waals surface area contributed by atoms with E-state index in [4.69, 9.17) is 4.74 Å². The minimum Gasteiger partial charge on any atom is -0.508 e. The Hall–Kier alpha value is -2.83. The average Bonchev–Trinajstić information content (AvgIpc) is 2.43. The van der Waals surface area contributed by atoms with E-state index in [2.05, 4.69) is 9.47 Å². The molecule has 0 aliphatic heterocycles. The van der Waals surface area contributed by atoms with Crippen LogP contribution < -0.4 is 4.74 Å². The molecule has 0 saturated carbocycles. The number of hydrogen-bond acceptors (Lipinski definition) is 7. The van der Waals surface area contributed by atoms with Crippen molar-refractivity contribution >= 4 is 17.9 Å². The molecule has 0 saturated heterocycles. The number of rotatable bonds is 6. The number of aromatic hydroxyl groups is 1. The maximum absolute atomic E-state index is 11.4. The van der Waals surface area contributed by atoms with Crippen LogP contribution in [-0.2, 0) is 23.9 Å². The van der Waals surface area contributed by atoms with Crippen molar-refractivity contribution in [2.75, 3.05) is 13.2 Å². The molecule has 0 spiro atoms. The van der Waals surface area contributed by atoms with Crippen LogP contribution in [0.1, 0.15) is 6.92 Å². The maximum atomic E-state index is 11.4. The highest BCUT2D eigenvalue weighted by Gasteiger charge is 2.08. The van der Waals surface area contributed by atoms with Crippen LogP contribution in [0.3, 0.4) is 0 Å². The summed E-state index contributed by atoms with van der Waals surface area (Å²) in [5.74, 6) is -2.32. The van der Waals surface area contributed by atoms with Gasteiger partial charge in [-0.15, -0.1) is 0 Å². The number of phenolic OH excluding ortho intramolecular Hbond substituents is 1. The summed E-state index contributed by atoms with van der Waals surface area (Å²) in [6.45, 7) is 1.19. The Kier molecular flexibility index (Phi) is 6.46. The summed E-state index contributed by atoms with van der Waals surface area (Å²) in [6, 6.07) is 5.60. The summed E-state index contributed by atoms with van der Waals surface area (Å²) in [4.78, 5) is 33.5. The largest absolute Gasteiger partial charge is 0.508 e.